The second kappa shape index (κ2) is 6.50. The summed E-state index contributed by atoms with van der Waals surface area (Å²) in [6.45, 7) is 0.682. The van der Waals surface area contributed by atoms with Crippen molar-refractivity contribution in [1.29, 1.82) is 0 Å². The zero-order valence-corrected chi connectivity index (χ0v) is 10.5. The number of aliphatic hydroxyl groups is 1. The van der Waals surface area contributed by atoms with Gasteiger partial charge in [0.1, 0.15) is 0 Å². The molecule has 2 rings (SSSR count). The van der Waals surface area contributed by atoms with E-state index in [4.69, 9.17) is 0 Å². The number of aromatic nitrogens is 1. The minimum absolute atomic E-state index is 0.0428. The standard InChI is InChI=1S/C14H20N2O2/c17-13-3-1-2-12(8-13)10-16-14(18)9-11-4-6-15-7-5-11/h4-7,12-13,17H,1-3,8-10H2,(H,16,18). The summed E-state index contributed by atoms with van der Waals surface area (Å²) < 4.78 is 0. The van der Waals surface area contributed by atoms with E-state index in [1.165, 1.54) is 0 Å². The monoisotopic (exact) mass is 248 g/mol. The van der Waals surface area contributed by atoms with Crippen LogP contribution in [-0.2, 0) is 11.2 Å². The van der Waals surface area contributed by atoms with Crippen molar-refractivity contribution in [1.82, 2.24) is 10.3 Å². The highest BCUT2D eigenvalue weighted by Crippen LogP contribution is 2.23. The van der Waals surface area contributed by atoms with Gasteiger partial charge in [-0.25, -0.2) is 0 Å². The lowest BCUT2D eigenvalue weighted by molar-refractivity contribution is -0.120. The van der Waals surface area contributed by atoms with E-state index in [1.54, 1.807) is 12.4 Å². The van der Waals surface area contributed by atoms with E-state index >= 15 is 0 Å². The SMILES string of the molecule is O=C(Cc1ccncc1)NCC1CCCC(O)C1. The van der Waals surface area contributed by atoms with Gasteiger partial charge in [-0.1, -0.05) is 6.42 Å². The van der Waals surface area contributed by atoms with Crippen LogP contribution in [-0.4, -0.2) is 28.6 Å². The molecule has 0 saturated heterocycles. The van der Waals surface area contributed by atoms with Crippen molar-refractivity contribution >= 4 is 5.91 Å². The van der Waals surface area contributed by atoms with Crippen LogP contribution in [0.15, 0.2) is 24.5 Å². The van der Waals surface area contributed by atoms with Gasteiger partial charge in [0.15, 0.2) is 0 Å². The third-order valence-corrected chi connectivity index (χ3v) is 3.46. The minimum atomic E-state index is -0.180. The summed E-state index contributed by atoms with van der Waals surface area (Å²) in [4.78, 5) is 15.7. The van der Waals surface area contributed by atoms with E-state index in [0.717, 1.165) is 31.2 Å². The topological polar surface area (TPSA) is 62.2 Å². The lowest BCUT2D eigenvalue weighted by atomic mass is 9.87. The normalized spacial score (nSPS) is 23.6. The van der Waals surface area contributed by atoms with Gasteiger partial charge in [0.2, 0.25) is 5.91 Å². The van der Waals surface area contributed by atoms with Crippen molar-refractivity contribution < 1.29 is 9.90 Å². The summed E-state index contributed by atoms with van der Waals surface area (Å²) >= 11 is 0. The molecule has 4 nitrogen and oxygen atoms in total. The molecule has 1 heterocycles. The van der Waals surface area contributed by atoms with Crippen molar-refractivity contribution in [3.05, 3.63) is 30.1 Å². The van der Waals surface area contributed by atoms with Gasteiger partial charge in [0.05, 0.1) is 12.5 Å². The summed E-state index contributed by atoms with van der Waals surface area (Å²) in [7, 11) is 0. The van der Waals surface area contributed by atoms with E-state index in [1.807, 2.05) is 12.1 Å². The molecule has 1 amide bonds. The molecule has 1 aromatic rings. The number of pyridine rings is 1. The first-order valence-electron chi connectivity index (χ1n) is 6.57. The first kappa shape index (κ1) is 13.0. The molecule has 1 aliphatic rings. The highest BCUT2D eigenvalue weighted by Gasteiger charge is 2.20. The van der Waals surface area contributed by atoms with Crippen LogP contribution in [0.5, 0.6) is 0 Å². The van der Waals surface area contributed by atoms with Gasteiger partial charge in [-0.15, -0.1) is 0 Å². The number of carbonyl (C=O) groups is 1. The third kappa shape index (κ3) is 4.11. The van der Waals surface area contributed by atoms with Gasteiger partial charge >= 0.3 is 0 Å². The fraction of sp³-hybridized carbons (Fsp3) is 0.571. The Kier molecular flexibility index (Phi) is 4.70. The number of carbonyl (C=O) groups excluding carboxylic acids is 1. The molecule has 1 aliphatic carbocycles. The van der Waals surface area contributed by atoms with Gasteiger partial charge in [0.25, 0.3) is 0 Å². The Morgan fingerprint density at radius 2 is 2.17 bits per heavy atom. The smallest absolute Gasteiger partial charge is 0.224 e. The average Bonchev–Trinajstić information content (AvgIpc) is 2.38. The molecule has 0 bridgehead atoms. The van der Waals surface area contributed by atoms with Crippen LogP contribution in [0, 0.1) is 5.92 Å². The zero-order valence-electron chi connectivity index (χ0n) is 10.5. The summed E-state index contributed by atoms with van der Waals surface area (Å²) in [5.74, 6) is 0.469. The van der Waals surface area contributed by atoms with Crippen LogP contribution < -0.4 is 5.32 Å². The van der Waals surface area contributed by atoms with Crippen LogP contribution in [0.4, 0.5) is 0 Å². The molecular weight excluding hydrogens is 228 g/mol. The largest absolute Gasteiger partial charge is 0.393 e. The highest BCUT2D eigenvalue weighted by atomic mass is 16.3. The van der Waals surface area contributed by atoms with Crippen LogP contribution in [0.1, 0.15) is 31.2 Å². The van der Waals surface area contributed by atoms with Crippen LogP contribution in [0.3, 0.4) is 0 Å². The molecule has 2 unspecified atom stereocenters. The summed E-state index contributed by atoms with van der Waals surface area (Å²) in [5.41, 5.74) is 0.978. The maximum Gasteiger partial charge on any atom is 0.224 e. The third-order valence-electron chi connectivity index (χ3n) is 3.46. The summed E-state index contributed by atoms with van der Waals surface area (Å²) in [5, 5.41) is 12.5. The van der Waals surface area contributed by atoms with Gasteiger partial charge in [-0.3, -0.25) is 9.78 Å². The molecule has 1 fully saturated rings. The lowest BCUT2D eigenvalue weighted by Gasteiger charge is -2.25. The van der Waals surface area contributed by atoms with E-state index in [0.29, 0.717) is 18.9 Å². The van der Waals surface area contributed by atoms with Crippen molar-refractivity contribution in [2.75, 3.05) is 6.54 Å². The fourth-order valence-corrected chi connectivity index (χ4v) is 2.45. The molecule has 2 N–H and O–H groups in total. The first-order valence-corrected chi connectivity index (χ1v) is 6.57. The Morgan fingerprint density at radius 3 is 2.89 bits per heavy atom. The van der Waals surface area contributed by atoms with Crippen LogP contribution in [0.25, 0.3) is 0 Å². The molecular formula is C14H20N2O2. The Labute approximate surface area is 107 Å². The molecule has 0 spiro atoms. The number of nitrogens with one attached hydrogen (secondary N) is 1. The Bertz CT molecular complexity index is 381. The second-order valence-electron chi connectivity index (χ2n) is 5.02. The predicted octanol–water partition coefficient (Wildman–Crippen LogP) is 1.29. The maximum atomic E-state index is 11.7. The molecule has 2 atom stereocenters. The van der Waals surface area contributed by atoms with Gasteiger partial charge < -0.3 is 10.4 Å². The van der Waals surface area contributed by atoms with E-state index < -0.39 is 0 Å². The molecule has 1 aromatic heterocycles. The van der Waals surface area contributed by atoms with E-state index in [2.05, 4.69) is 10.3 Å². The first-order chi connectivity index (χ1) is 8.74. The number of rotatable bonds is 4. The molecule has 0 aliphatic heterocycles. The molecule has 4 heteroatoms. The van der Waals surface area contributed by atoms with E-state index in [9.17, 15) is 9.90 Å². The predicted molar refractivity (Wildman–Crippen MR) is 68.9 cm³/mol. The van der Waals surface area contributed by atoms with Crippen molar-refractivity contribution in [2.45, 2.75) is 38.2 Å². The zero-order chi connectivity index (χ0) is 12.8. The lowest BCUT2D eigenvalue weighted by Crippen LogP contribution is -2.33. The molecule has 0 aromatic carbocycles. The van der Waals surface area contributed by atoms with Crippen molar-refractivity contribution in [3.63, 3.8) is 0 Å². The highest BCUT2D eigenvalue weighted by molar-refractivity contribution is 5.78. The number of hydrogen-bond donors (Lipinski definition) is 2. The van der Waals surface area contributed by atoms with Gasteiger partial charge in [-0.2, -0.15) is 0 Å². The minimum Gasteiger partial charge on any atom is -0.393 e. The average molecular weight is 248 g/mol. The quantitative estimate of drug-likeness (QED) is 0.844. The Morgan fingerprint density at radius 1 is 1.39 bits per heavy atom. The summed E-state index contributed by atoms with van der Waals surface area (Å²) in [6.07, 6.45) is 7.49. The second-order valence-corrected chi connectivity index (χ2v) is 5.02. The number of amides is 1. The molecule has 1 saturated carbocycles. The maximum absolute atomic E-state index is 11.7. The fourth-order valence-electron chi connectivity index (χ4n) is 2.45. The molecule has 0 radical (unpaired) electrons. The number of aliphatic hydroxyl groups excluding tert-OH is 1. The van der Waals surface area contributed by atoms with Crippen molar-refractivity contribution in [2.24, 2.45) is 5.92 Å². The number of hydrogen-bond acceptors (Lipinski definition) is 3. The summed E-state index contributed by atoms with van der Waals surface area (Å²) in [6, 6.07) is 3.70. The Hall–Kier alpha value is -1.42. The Balaban J connectivity index is 1.71. The van der Waals surface area contributed by atoms with Crippen molar-refractivity contribution in [3.8, 4) is 0 Å². The van der Waals surface area contributed by atoms with Gasteiger partial charge in [-0.05, 0) is 42.9 Å². The van der Waals surface area contributed by atoms with Crippen LogP contribution >= 0.6 is 0 Å². The number of nitrogens with zero attached hydrogens (tertiary/aromatic N) is 1. The van der Waals surface area contributed by atoms with Crippen LogP contribution in [0.2, 0.25) is 0 Å². The van der Waals surface area contributed by atoms with Gasteiger partial charge in [0, 0.05) is 18.9 Å². The molecule has 98 valence electrons. The van der Waals surface area contributed by atoms with E-state index in [-0.39, 0.29) is 12.0 Å². The molecule has 18 heavy (non-hydrogen) atoms.